The number of hydrogen-bond acceptors (Lipinski definition) is 4. The summed E-state index contributed by atoms with van der Waals surface area (Å²) in [7, 11) is 0. The van der Waals surface area contributed by atoms with E-state index < -0.39 is 0 Å². The summed E-state index contributed by atoms with van der Waals surface area (Å²) >= 11 is 0. The van der Waals surface area contributed by atoms with Crippen LogP contribution in [0.3, 0.4) is 0 Å². The van der Waals surface area contributed by atoms with E-state index in [1.165, 1.54) is 12.1 Å². The molecule has 11 heavy (non-hydrogen) atoms. The lowest BCUT2D eigenvalue weighted by molar-refractivity contribution is 0.174. The minimum atomic E-state index is -0.200. The molecular formula is C7H6O4. The van der Waals surface area contributed by atoms with Crippen LogP contribution in [0.5, 0.6) is 23.0 Å². The summed E-state index contributed by atoms with van der Waals surface area (Å²) in [6, 6.07) is 2.63. The molecule has 0 unspecified atom stereocenters. The number of benzene rings is 1. The van der Waals surface area contributed by atoms with Crippen LogP contribution in [0, 0.1) is 0 Å². The number of fused-ring (bicyclic) bond motifs is 1. The van der Waals surface area contributed by atoms with Crippen LogP contribution >= 0.6 is 0 Å². The molecule has 4 heteroatoms. The standard InChI is InChI=1S/C7H6O4/c8-4-1-6-7(2-5(4)9)11-3-10-6/h1-2,8-9H,3H2. The van der Waals surface area contributed by atoms with Gasteiger partial charge in [-0.3, -0.25) is 0 Å². The van der Waals surface area contributed by atoms with Gasteiger partial charge in [0.2, 0.25) is 6.79 Å². The van der Waals surface area contributed by atoms with E-state index in [2.05, 4.69) is 0 Å². The number of rotatable bonds is 0. The molecule has 0 spiro atoms. The molecule has 0 amide bonds. The number of ether oxygens (including phenoxy) is 2. The van der Waals surface area contributed by atoms with Crippen molar-refractivity contribution in [3.8, 4) is 23.0 Å². The Kier molecular flexibility index (Phi) is 1.09. The van der Waals surface area contributed by atoms with Gasteiger partial charge in [0, 0.05) is 12.1 Å². The topological polar surface area (TPSA) is 58.9 Å². The molecule has 4 nitrogen and oxygen atoms in total. The van der Waals surface area contributed by atoms with E-state index in [0.29, 0.717) is 11.5 Å². The summed E-state index contributed by atoms with van der Waals surface area (Å²) in [4.78, 5) is 0. The van der Waals surface area contributed by atoms with Crippen molar-refractivity contribution in [3.63, 3.8) is 0 Å². The first kappa shape index (κ1) is 6.15. The molecule has 0 saturated heterocycles. The quantitative estimate of drug-likeness (QED) is 0.543. The average Bonchev–Trinajstić information content (AvgIpc) is 2.36. The molecular weight excluding hydrogens is 148 g/mol. The highest BCUT2D eigenvalue weighted by Gasteiger charge is 2.15. The Bertz CT molecular complexity index is 266. The van der Waals surface area contributed by atoms with Crippen molar-refractivity contribution in [1.29, 1.82) is 0 Å². The maximum Gasteiger partial charge on any atom is 0.231 e. The Morgan fingerprint density at radius 3 is 1.91 bits per heavy atom. The normalized spacial score (nSPS) is 13.5. The van der Waals surface area contributed by atoms with Gasteiger partial charge in [-0.2, -0.15) is 0 Å². The molecule has 0 radical (unpaired) electrons. The number of aromatic hydroxyl groups is 2. The van der Waals surface area contributed by atoms with Crippen LogP contribution < -0.4 is 9.47 Å². The minimum absolute atomic E-state index is 0.137. The van der Waals surface area contributed by atoms with E-state index in [0.717, 1.165) is 0 Å². The van der Waals surface area contributed by atoms with E-state index in [1.807, 2.05) is 0 Å². The zero-order chi connectivity index (χ0) is 7.84. The second-order valence-electron chi connectivity index (χ2n) is 2.19. The van der Waals surface area contributed by atoms with Crippen molar-refractivity contribution in [2.24, 2.45) is 0 Å². The molecule has 58 valence electrons. The highest BCUT2D eigenvalue weighted by Crippen LogP contribution is 2.40. The van der Waals surface area contributed by atoms with Crippen molar-refractivity contribution in [3.05, 3.63) is 12.1 Å². The summed E-state index contributed by atoms with van der Waals surface area (Å²) < 4.78 is 9.88. The fraction of sp³-hybridized carbons (Fsp3) is 0.143. The first-order chi connectivity index (χ1) is 5.27. The Labute approximate surface area is 62.6 Å². The molecule has 0 aromatic heterocycles. The van der Waals surface area contributed by atoms with E-state index in [1.54, 1.807) is 0 Å². The average molecular weight is 154 g/mol. The third-order valence-electron chi connectivity index (χ3n) is 1.47. The van der Waals surface area contributed by atoms with E-state index in [4.69, 9.17) is 19.7 Å². The van der Waals surface area contributed by atoms with Crippen molar-refractivity contribution in [1.82, 2.24) is 0 Å². The van der Waals surface area contributed by atoms with Gasteiger partial charge in [-0.05, 0) is 0 Å². The van der Waals surface area contributed by atoms with Crippen molar-refractivity contribution in [2.45, 2.75) is 0 Å². The molecule has 1 heterocycles. The second kappa shape index (κ2) is 1.95. The van der Waals surface area contributed by atoms with Crippen LogP contribution in [-0.2, 0) is 0 Å². The monoisotopic (exact) mass is 154 g/mol. The van der Waals surface area contributed by atoms with Crippen LogP contribution in [-0.4, -0.2) is 17.0 Å². The maximum atomic E-state index is 9.00. The maximum absolute atomic E-state index is 9.00. The fourth-order valence-electron chi connectivity index (χ4n) is 0.921. The summed E-state index contributed by atoms with van der Waals surface area (Å²) in [5.41, 5.74) is 0. The molecule has 0 atom stereocenters. The van der Waals surface area contributed by atoms with Gasteiger partial charge < -0.3 is 19.7 Å². The molecule has 1 aliphatic heterocycles. The van der Waals surface area contributed by atoms with Crippen molar-refractivity contribution >= 4 is 0 Å². The summed E-state index contributed by atoms with van der Waals surface area (Å²) in [5.74, 6) is 0.518. The van der Waals surface area contributed by atoms with Gasteiger partial charge in [0.15, 0.2) is 23.0 Å². The summed E-state index contributed by atoms with van der Waals surface area (Å²) in [6.45, 7) is 0.137. The van der Waals surface area contributed by atoms with Gasteiger partial charge in [-0.1, -0.05) is 0 Å². The number of phenolic OH excluding ortho intramolecular Hbond substituents is 2. The molecule has 1 aromatic rings. The van der Waals surface area contributed by atoms with Gasteiger partial charge in [0.25, 0.3) is 0 Å². The Hall–Kier alpha value is -1.58. The van der Waals surface area contributed by atoms with Gasteiger partial charge in [-0.15, -0.1) is 0 Å². The van der Waals surface area contributed by atoms with Crippen LogP contribution in [0.15, 0.2) is 12.1 Å². The Balaban J connectivity index is 2.57. The molecule has 2 rings (SSSR count). The second-order valence-corrected chi connectivity index (χ2v) is 2.19. The molecule has 0 bridgehead atoms. The van der Waals surface area contributed by atoms with E-state index in [-0.39, 0.29) is 18.3 Å². The molecule has 2 N–H and O–H groups in total. The van der Waals surface area contributed by atoms with Crippen LogP contribution in [0.2, 0.25) is 0 Å². The largest absolute Gasteiger partial charge is 0.504 e. The van der Waals surface area contributed by atoms with Crippen LogP contribution in [0.4, 0.5) is 0 Å². The van der Waals surface area contributed by atoms with Crippen LogP contribution in [0.1, 0.15) is 0 Å². The minimum Gasteiger partial charge on any atom is -0.504 e. The fourth-order valence-corrected chi connectivity index (χ4v) is 0.921. The van der Waals surface area contributed by atoms with Crippen LogP contribution in [0.25, 0.3) is 0 Å². The SMILES string of the molecule is Oc1cc2c(cc1O)OCO2. The van der Waals surface area contributed by atoms with E-state index in [9.17, 15) is 0 Å². The zero-order valence-corrected chi connectivity index (χ0v) is 5.57. The predicted octanol–water partition coefficient (Wildman–Crippen LogP) is 0.826. The summed E-state index contributed by atoms with van der Waals surface area (Å²) in [5, 5.41) is 18.0. The lowest BCUT2D eigenvalue weighted by Gasteiger charge is -1.98. The van der Waals surface area contributed by atoms with Gasteiger partial charge in [0.05, 0.1) is 0 Å². The molecule has 1 aliphatic rings. The number of phenols is 2. The molecule has 0 fully saturated rings. The zero-order valence-electron chi connectivity index (χ0n) is 5.57. The van der Waals surface area contributed by atoms with Gasteiger partial charge in [0.1, 0.15) is 0 Å². The first-order valence-electron chi connectivity index (χ1n) is 3.09. The summed E-state index contributed by atoms with van der Waals surface area (Å²) in [6.07, 6.45) is 0. The Morgan fingerprint density at radius 2 is 1.45 bits per heavy atom. The van der Waals surface area contributed by atoms with Gasteiger partial charge in [-0.25, -0.2) is 0 Å². The highest BCUT2D eigenvalue weighted by molar-refractivity contribution is 5.53. The lowest BCUT2D eigenvalue weighted by Crippen LogP contribution is -1.92. The number of hydrogen-bond donors (Lipinski definition) is 2. The van der Waals surface area contributed by atoms with Gasteiger partial charge >= 0.3 is 0 Å². The van der Waals surface area contributed by atoms with E-state index >= 15 is 0 Å². The predicted molar refractivity (Wildman–Crippen MR) is 35.9 cm³/mol. The first-order valence-corrected chi connectivity index (χ1v) is 3.09. The third kappa shape index (κ3) is 0.832. The van der Waals surface area contributed by atoms with Crippen molar-refractivity contribution in [2.75, 3.05) is 6.79 Å². The third-order valence-corrected chi connectivity index (χ3v) is 1.47. The Morgan fingerprint density at radius 1 is 1.00 bits per heavy atom. The molecule has 0 aliphatic carbocycles. The molecule has 1 aromatic carbocycles. The smallest absolute Gasteiger partial charge is 0.231 e. The highest BCUT2D eigenvalue weighted by atomic mass is 16.7. The molecule has 0 saturated carbocycles. The van der Waals surface area contributed by atoms with Crippen molar-refractivity contribution < 1.29 is 19.7 Å². The lowest BCUT2D eigenvalue weighted by atomic mass is 10.3.